The Morgan fingerprint density at radius 1 is 1.05 bits per heavy atom. The molecule has 0 unspecified atom stereocenters. The Balaban J connectivity index is 0.00000484. The molecule has 0 aromatic heterocycles. The van der Waals surface area contributed by atoms with Gasteiger partial charge in [-0.25, -0.2) is 4.79 Å². The number of fused-ring (bicyclic) bond motifs is 1. The normalized spacial score (nSPS) is 16.7. The van der Waals surface area contributed by atoms with Gasteiger partial charge in [0.05, 0.1) is 12.0 Å². The number of carbonyl (C=O) groups excluding carboxylic acids is 2. The van der Waals surface area contributed by atoms with Crippen molar-refractivity contribution in [1.82, 2.24) is 5.32 Å². The Bertz CT molecular complexity index is 1450. The minimum atomic E-state index is -1.12. The van der Waals surface area contributed by atoms with E-state index in [1.165, 1.54) is 12.1 Å². The molecule has 1 aliphatic heterocycles. The Hall–Kier alpha value is -3.72. The fourth-order valence-electron chi connectivity index (χ4n) is 4.85. The summed E-state index contributed by atoms with van der Waals surface area (Å²) < 4.78 is 6.53. The molecule has 8 nitrogen and oxygen atoms in total. The number of hydrogen-bond acceptors (Lipinski definition) is 5. The smallest absolute Gasteiger partial charge is 0.335 e. The summed E-state index contributed by atoms with van der Waals surface area (Å²) in [5.41, 5.74) is 4.51. The lowest BCUT2D eigenvalue weighted by Gasteiger charge is -2.32. The zero-order valence-electron chi connectivity index (χ0n) is 23.6. The van der Waals surface area contributed by atoms with Crippen LogP contribution in [-0.4, -0.2) is 47.3 Å². The number of aromatic carboxylic acids is 1. The average Bonchev–Trinajstić information content (AvgIpc) is 3.04. The second-order valence-corrected chi connectivity index (χ2v) is 11.7. The zero-order chi connectivity index (χ0) is 29.9. The number of benzene rings is 3. The van der Waals surface area contributed by atoms with E-state index in [4.69, 9.17) is 21.4 Å². The number of halogens is 1. The number of carboxylic acids is 1. The van der Waals surface area contributed by atoms with E-state index < -0.39 is 29.5 Å². The lowest BCUT2D eigenvalue weighted by atomic mass is 9.91. The van der Waals surface area contributed by atoms with Crippen molar-refractivity contribution < 1.29 is 29.3 Å². The number of aliphatic hydroxyl groups is 1. The van der Waals surface area contributed by atoms with Gasteiger partial charge < -0.3 is 25.2 Å². The molecular formula is C33H39ClN2O6. The van der Waals surface area contributed by atoms with Crippen LogP contribution < -0.4 is 10.2 Å². The van der Waals surface area contributed by atoms with Crippen molar-refractivity contribution in [3.8, 4) is 0 Å². The van der Waals surface area contributed by atoms with Crippen LogP contribution in [0.3, 0.4) is 0 Å². The molecule has 2 amide bonds. The van der Waals surface area contributed by atoms with Crippen LogP contribution in [0.4, 0.5) is 5.69 Å². The van der Waals surface area contributed by atoms with E-state index in [0.29, 0.717) is 16.3 Å². The SMILES string of the molecule is C.Cc1cccc([C@H]2O[C@H](CC(=O)NCc3ccc(C(=O)O)cc3)C(=O)N(CC(C)(C)CO)c3ccc(Cl)cc32)c1C. The summed E-state index contributed by atoms with van der Waals surface area (Å²) in [6.45, 7) is 7.94. The molecule has 1 heterocycles. The molecule has 0 saturated heterocycles. The number of nitrogens with one attached hydrogen (secondary N) is 1. The molecule has 3 aromatic carbocycles. The number of carboxylic acid groups (broad SMARTS) is 1. The summed E-state index contributed by atoms with van der Waals surface area (Å²) in [6.07, 6.45) is -2.02. The topological polar surface area (TPSA) is 116 Å². The third-order valence-electron chi connectivity index (χ3n) is 7.41. The molecule has 4 rings (SSSR count). The minimum absolute atomic E-state index is 0. The van der Waals surface area contributed by atoms with Crippen molar-refractivity contribution in [2.45, 2.75) is 60.3 Å². The van der Waals surface area contributed by atoms with Gasteiger partial charge in [0, 0.05) is 41.4 Å². The van der Waals surface area contributed by atoms with Gasteiger partial charge in [-0.1, -0.05) is 63.2 Å². The molecule has 224 valence electrons. The van der Waals surface area contributed by atoms with Gasteiger partial charge in [0.25, 0.3) is 5.91 Å². The molecule has 9 heteroatoms. The number of ether oxygens (including phenoxy) is 1. The van der Waals surface area contributed by atoms with Gasteiger partial charge in [-0.3, -0.25) is 9.59 Å². The highest BCUT2D eigenvalue weighted by Crippen LogP contribution is 2.42. The number of anilines is 1. The molecule has 3 N–H and O–H groups in total. The van der Waals surface area contributed by atoms with E-state index in [0.717, 1.165) is 22.3 Å². The molecule has 0 bridgehead atoms. The molecule has 2 atom stereocenters. The van der Waals surface area contributed by atoms with Crippen LogP contribution in [0.25, 0.3) is 0 Å². The molecule has 42 heavy (non-hydrogen) atoms. The molecule has 3 aromatic rings. The van der Waals surface area contributed by atoms with Crippen molar-refractivity contribution in [1.29, 1.82) is 0 Å². The Morgan fingerprint density at radius 3 is 2.38 bits per heavy atom. The Labute approximate surface area is 252 Å². The van der Waals surface area contributed by atoms with Gasteiger partial charge in [0.2, 0.25) is 5.91 Å². The number of aryl methyl sites for hydroxylation is 1. The van der Waals surface area contributed by atoms with Crippen molar-refractivity contribution in [2.75, 3.05) is 18.1 Å². The maximum absolute atomic E-state index is 14.1. The number of aliphatic hydroxyl groups excluding tert-OH is 1. The summed E-state index contributed by atoms with van der Waals surface area (Å²) >= 11 is 6.45. The van der Waals surface area contributed by atoms with Crippen LogP contribution in [0.1, 0.15) is 72.0 Å². The molecule has 0 fully saturated rings. The van der Waals surface area contributed by atoms with Gasteiger partial charge >= 0.3 is 5.97 Å². The van der Waals surface area contributed by atoms with Gasteiger partial charge in [-0.05, 0) is 66.4 Å². The highest BCUT2D eigenvalue weighted by Gasteiger charge is 2.40. The van der Waals surface area contributed by atoms with E-state index in [-0.39, 0.29) is 45.0 Å². The second-order valence-electron chi connectivity index (χ2n) is 11.2. The van der Waals surface area contributed by atoms with Crippen LogP contribution in [0.5, 0.6) is 0 Å². The average molecular weight is 595 g/mol. The van der Waals surface area contributed by atoms with Crippen molar-refractivity contribution in [3.63, 3.8) is 0 Å². The Kier molecular flexibility index (Phi) is 10.5. The van der Waals surface area contributed by atoms with Crippen molar-refractivity contribution in [3.05, 3.63) is 99.1 Å². The van der Waals surface area contributed by atoms with E-state index in [1.807, 2.05) is 45.9 Å². The van der Waals surface area contributed by atoms with Gasteiger partial charge in [0.15, 0.2) is 0 Å². The van der Waals surface area contributed by atoms with E-state index in [2.05, 4.69) is 5.32 Å². The first-order valence-electron chi connectivity index (χ1n) is 13.4. The quantitative estimate of drug-likeness (QED) is 0.287. The lowest BCUT2D eigenvalue weighted by Crippen LogP contribution is -2.46. The summed E-state index contributed by atoms with van der Waals surface area (Å²) in [4.78, 5) is 39.9. The largest absolute Gasteiger partial charge is 0.478 e. The Morgan fingerprint density at radius 2 is 1.74 bits per heavy atom. The summed E-state index contributed by atoms with van der Waals surface area (Å²) in [5, 5.41) is 22.4. The summed E-state index contributed by atoms with van der Waals surface area (Å²) in [7, 11) is 0. The molecule has 1 aliphatic rings. The minimum Gasteiger partial charge on any atom is -0.478 e. The van der Waals surface area contributed by atoms with Crippen LogP contribution in [0.2, 0.25) is 5.02 Å². The van der Waals surface area contributed by atoms with E-state index in [9.17, 15) is 19.5 Å². The third-order valence-corrected chi connectivity index (χ3v) is 7.64. The first kappa shape index (κ1) is 32.8. The van der Waals surface area contributed by atoms with Crippen LogP contribution in [-0.2, 0) is 20.9 Å². The number of carbonyl (C=O) groups is 3. The van der Waals surface area contributed by atoms with Crippen molar-refractivity contribution >= 4 is 35.1 Å². The highest BCUT2D eigenvalue weighted by atomic mass is 35.5. The first-order chi connectivity index (χ1) is 19.4. The maximum atomic E-state index is 14.1. The molecule has 0 saturated carbocycles. The number of nitrogens with zero attached hydrogens (tertiary/aromatic N) is 1. The van der Waals surface area contributed by atoms with Gasteiger partial charge in [-0.2, -0.15) is 0 Å². The first-order valence-corrected chi connectivity index (χ1v) is 13.8. The van der Waals surface area contributed by atoms with Crippen molar-refractivity contribution in [2.24, 2.45) is 5.41 Å². The fourth-order valence-corrected chi connectivity index (χ4v) is 5.03. The van der Waals surface area contributed by atoms with Gasteiger partial charge in [-0.15, -0.1) is 0 Å². The predicted molar refractivity (Wildman–Crippen MR) is 164 cm³/mol. The second kappa shape index (κ2) is 13.5. The maximum Gasteiger partial charge on any atom is 0.335 e. The van der Waals surface area contributed by atoms with E-state index in [1.54, 1.807) is 35.2 Å². The summed E-state index contributed by atoms with van der Waals surface area (Å²) in [5.74, 6) is -1.81. The van der Waals surface area contributed by atoms with Crippen LogP contribution >= 0.6 is 11.6 Å². The van der Waals surface area contributed by atoms with E-state index >= 15 is 0 Å². The third kappa shape index (κ3) is 7.37. The van der Waals surface area contributed by atoms with Gasteiger partial charge in [0.1, 0.15) is 12.2 Å². The number of rotatable bonds is 9. The monoisotopic (exact) mass is 594 g/mol. The number of hydrogen-bond donors (Lipinski definition) is 3. The number of amides is 2. The molecule has 0 radical (unpaired) electrons. The zero-order valence-corrected chi connectivity index (χ0v) is 24.4. The molecule has 0 spiro atoms. The summed E-state index contributed by atoms with van der Waals surface area (Å²) in [6, 6.07) is 17.4. The van der Waals surface area contributed by atoms with Crippen LogP contribution in [0.15, 0.2) is 60.7 Å². The molecular weight excluding hydrogens is 556 g/mol. The standard InChI is InChI=1S/C32H35ClN2O6.CH4/c1-19-6-5-7-24(20(19)2)29-25-14-23(33)12-13-26(25)35(17-32(3,4)18-36)30(38)27(41-29)15-28(37)34-16-21-8-10-22(11-9-21)31(39)40;/h5-14,27,29,36H,15-18H2,1-4H3,(H,34,37)(H,39,40);1H4/t27-,29-;/m1./s1. The van der Waals surface area contributed by atoms with Crippen LogP contribution in [0, 0.1) is 19.3 Å². The predicted octanol–water partition coefficient (Wildman–Crippen LogP) is 5.84. The highest BCUT2D eigenvalue weighted by molar-refractivity contribution is 6.30. The lowest BCUT2D eigenvalue weighted by molar-refractivity contribution is -0.138. The fraction of sp³-hybridized carbons (Fsp3) is 0.364. The molecule has 0 aliphatic carbocycles.